The number of primary amides is 1. The third kappa shape index (κ3) is 5.04. The Kier molecular flexibility index (Phi) is 6.03. The minimum Gasteiger partial charge on any atom is -0.618 e. The van der Waals surface area contributed by atoms with Gasteiger partial charge in [0, 0.05) is 30.3 Å². The molecule has 0 aliphatic carbocycles. The van der Waals surface area contributed by atoms with Gasteiger partial charge in [-0.15, -0.1) is 0 Å². The highest BCUT2D eigenvalue weighted by Crippen LogP contribution is 2.17. The van der Waals surface area contributed by atoms with Crippen molar-refractivity contribution in [1.29, 1.82) is 0 Å². The third-order valence-corrected chi connectivity index (χ3v) is 4.98. The van der Waals surface area contributed by atoms with Crippen molar-refractivity contribution in [3.63, 3.8) is 0 Å². The van der Waals surface area contributed by atoms with Gasteiger partial charge in [0.1, 0.15) is 0 Å². The summed E-state index contributed by atoms with van der Waals surface area (Å²) in [5.74, 6) is -0.609. The first-order chi connectivity index (χ1) is 13.0. The molecule has 1 saturated heterocycles. The Morgan fingerprint density at radius 1 is 1.15 bits per heavy atom. The smallest absolute Gasteiger partial charge is 0.321 e. The number of rotatable bonds is 6. The number of anilines is 1. The molecule has 7 nitrogen and oxygen atoms in total. The van der Waals surface area contributed by atoms with E-state index in [1.807, 2.05) is 24.3 Å². The summed E-state index contributed by atoms with van der Waals surface area (Å²) in [7, 11) is 0. The van der Waals surface area contributed by atoms with Gasteiger partial charge in [-0.25, -0.2) is 0 Å². The van der Waals surface area contributed by atoms with Crippen LogP contribution >= 0.6 is 0 Å². The fraction of sp³-hybridized carbons (Fsp3) is 0.350. The molecule has 3 rings (SSSR count). The van der Waals surface area contributed by atoms with E-state index >= 15 is 0 Å². The van der Waals surface area contributed by atoms with E-state index in [4.69, 9.17) is 5.73 Å². The normalized spacial score (nSPS) is 15.4. The van der Waals surface area contributed by atoms with Gasteiger partial charge in [0.15, 0.2) is 6.20 Å². The SMILES string of the molecule is NC(=O)C1CCN(CCc2ccc(NC(=O)c3cccc[n+]3[O-])cc2)CC1. The number of hydrogen-bond donors (Lipinski definition) is 2. The van der Waals surface area contributed by atoms with Gasteiger partial charge >= 0.3 is 5.91 Å². The zero-order valence-electron chi connectivity index (χ0n) is 15.1. The molecule has 1 aromatic carbocycles. The lowest BCUT2D eigenvalue weighted by Crippen LogP contribution is -2.39. The Balaban J connectivity index is 1.48. The number of nitrogens with one attached hydrogen (secondary N) is 1. The topological polar surface area (TPSA) is 102 Å². The average molecular weight is 368 g/mol. The molecular formula is C20H24N4O3. The highest BCUT2D eigenvalue weighted by atomic mass is 16.5. The number of benzene rings is 1. The first kappa shape index (κ1) is 18.8. The molecule has 0 atom stereocenters. The molecule has 1 fully saturated rings. The minimum absolute atomic E-state index is 0.0153. The summed E-state index contributed by atoms with van der Waals surface area (Å²) in [6.07, 6.45) is 3.86. The summed E-state index contributed by atoms with van der Waals surface area (Å²) in [6.45, 7) is 2.72. The molecule has 142 valence electrons. The minimum atomic E-state index is -0.435. The lowest BCUT2D eigenvalue weighted by Gasteiger charge is -2.30. The number of hydrogen-bond acceptors (Lipinski definition) is 4. The van der Waals surface area contributed by atoms with Crippen LogP contribution in [0.25, 0.3) is 0 Å². The van der Waals surface area contributed by atoms with E-state index in [1.54, 1.807) is 12.1 Å². The summed E-state index contributed by atoms with van der Waals surface area (Å²) < 4.78 is 0.547. The molecular weight excluding hydrogens is 344 g/mol. The van der Waals surface area contributed by atoms with Gasteiger partial charge in [-0.3, -0.25) is 9.59 Å². The van der Waals surface area contributed by atoms with Gasteiger partial charge in [0.05, 0.1) is 0 Å². The molecule has 2 heterocycles. The Labute approximate surface area is 158 Å². The van der Waals surface area contributed by atoms with Gasteiger partial charge in [0.2, 0.25) is 5.91 Å². The number of likely N-dealkylation sites (tertiary alicyclic amines) is 1. The predicted octanol–water partition coefficient (Wildman–Crippen LogP) is 1.31. The van der Waals surface area contributed by atoms with E-state index in [1.165, 1.54) is 17.8 Å². The van der Waals surface area contributed by atoms with Gasteiger partial charge in [-0.2, -0.15) is 4.73 Å². The largest absolute Gasteiger partial charge is 0.618 e. The number of piperidine rings is 1. The van der Waals surface area contributed by atoms with E-state index in [0.717, 1.165) is 38.9 Å². The van der Waals surface area contributed by atoms with Gasteiger partial charge in [-0.1, -0.05) is 12.1 Å². The fourth-order valence-corrected chi connectivity index (χ4v) is 3.28. The van der Waals surface area contributed by atoms with Crippen LogP contribution in [0.3, 0.4) is 0 Å². The number of pyridine rings is 1. The summed E-state index contributed by atoms with van der Waals surface area (Å²) >= 11 is 0. The average Bonchev–Trinajstić information content (AvgIpc) is 2.68. The molecule has 0 bridgehead atoms. The molecule has 0 radical (unpaired) electrons. The number of carbonyl (C=O) groups is 2. The first-order valence-electron chi connectivity index (χ1n) is 9.13. The van der Waals surface area contributed by atoms with Crippen molar-refractivity contribution in [1.82, 2.24) is 4.90 Å². The van der Waals surface area contributed by atoms with E-state index in [2.05, 4.69) is 10.2 Å². The Hall–Kier alpha value is -2.93. The lowest BCUT2D eigenvalue weighted by atomic mass is 9.96. The summed E-state index contributed by atoms with van der Waals surface area (Å²) in [4.78, 5) is 25.7. The van der Waals surface area contributed by atoms with Crippen LogP contribution in [-0.4, -0.2) is 36.3 Å². The Bertz CT molecular complexity index is 799. The van der Waals surface area contributed by atoms with Crippen LogP contribution in [0.1, 0.15) is 28.9 Å². The van der Waals surface area contributed by atoms with E-state index < -0.39 is 5.91 Å². The highest BCUT2D eigenvalue weighted by Gasteiger charge is 2.22. The number of amides is 2. The summed E-state index contributed by atoms with van der Waals surface area (Å²) in [5, 5.41) is 14.4. The van der Waals surface area contributed by atoms with Crippen LogP contribution in [0.15, 0.2) is 48.7 Å². The van der Waals surface area contributed by atoms with Crippen LogP contribution in [0.5, 0.6) is 0 Å². The van der Waals surface area contributed by atoms with Crippen LogP contribution in [-0.2, 0) is 11.2 Å². The van der Waals surface area contributed by atoms with Crippen molar-refractivity contribution in [2.75, 3.05) is 25.0 Å². The van der Waals surface area contributed by atoms with Gasteiger partial charge in [0.25, 0.3) is 5.69 Å². The first-order valence-corrected chi connectivity index (χ1v) is 9.13. The van der Waals surface area contributed by atoms with E-state index in [0.29, 0.717) is 10.4 Å². The maximum Gasteiger partial charge on any atom is 0.321 e. The molecule has 2 aromatic rings. The molecule has 27 heavy (non-hydrogen) atoms. The molecule has 3 N–H and O–H groups in total. The molecule has 0 unspecified atom stereocenters. The van der Waals surface area contributed by atoms with Crippen LogP contribution in [0.2, 0.25) is 0 Å². The quantitative estimate of drug-likeness (QED) is 0.593. The van der Waals surface area contributed by atoms with Crippen molar-refractivity contribution in [3.8, 4) is 0 Å². The summed E-state index contributed by atoms with van der Waals surface area (Å²) in [6, 6.07) is 12.3. The zero-order valence-corrected chi connectivity index (χ0v) is 15.1. The number of nitrogens with two attached hydrogens (primary N) is 1. The van der Waals surface area contributed by atoms with E-state index in [-0.39, 0.29) is 17.5 Å². The second-order valence-corrected chi connectivity index (χ2v) is 6.83. The summed E-state index contributed by atoms with van der Waals surface area (Å²) in [5.41, 5.74) is 7.24. The predicted molar refractivity (Wildman–Crippen MR) is 102 cm³/mol. The molecule has 2 amide bonds. The maximum atomic E-state index is 12.2. The van der Waals surface area contributed by atoms with Crippen molar-refractivity contribution in [2.45, 2.75) is 19.3 Å². The van der Waals surface area contributed by atoms with Crippen LogP contribution < -0.4 is 15.8 Å². The second-order valence-electron chi connectivity index (χ2n) is 6.83. The standard InChI is InChI=1S/C20H24N4O3/c21-19(25)16-9-13-23(14-10-16)12-8-15-4-6-17(7-5-15)22-20(26)18-3-1-2-11-24(18)27/h1-7,11,16H,8-10,12-14H2,(H2,21,25)(H,22,26). The van der Waals surface area contributed by atoms with Gasteiger partial charge < -0.3 is 21.2 Å². The number of nitrogens with zero attached hydrogens (tertiary/aromatic N) is 2. The molecule has 1 aliphatic heterocycles. The fourth-order valence-electron chi connectivity index (χ4n) is 3.28. The van der Waals surface area contributed by atoms with Crippen LogP contribution in [0.4, 0.5) is 5.69 Å². The van der Waals surface area contributed by atoms with Crippen molar-refractivity contribution in [2.24, 2.45) is 11.7 Å². The third-order valence-electron chi connectivity index (χ3n) is 4.98. The second kappa shape index (κ2) is 8.64. The molecule has 7 heteroatoms. The zero-order chi connectivity index (χ0) is 19.2. The maximum absolute atomic E-state index is 12.2. The Morgan fingerprint density at radius 3 is 2.48 bits per heavy atom. The molecule has 0 spiro atoms. The van der Waals surface area contributed by atoms with E-state index in [9.17, 15) is 14.8 Å². The lowest BCUT2D eigenvalue weighted by molar-refractivity contribution is -0.607. The molecule has 1 aromatic heterocycles. The monoisotopic (exact) mass is 368 g/mol. The Morgan fingerprint density at radius 2 is 1.85 bits per heavy atom. The number of aromatic nitrogens is 1. The molecule has 1 aliphatic rings. The highest BCUT2D eigenvalue weighted by molar-refractivity contribution is 6.01. The molecule has 0 saturated carbocycles. The van der Waals surface area contributed by atoms with Crippen molar-refractivity contribution >= 4 is 17.5 Å². The van der Waals surface area contributed by atoms with Gasteiger partial charge in [-0.05, 0) is 56.1 Å². The van der Waals surface area contributed by atoms with Crippen molar-refractivity contribution < 1.29 is 14.3 Å². The van der Waals surface area contributed by atoms with Crippen molar-refractivity contribution in [3.05, 3.63) is 65.1 Å². The van der Waals surface area contributed by atoms with Crippen LogP contribution in [0, 0.1) is 11.1 Å². The number of carbonyl (C=O) groups excluding carboxylic acids is 2.